The Labute approximate surface area is 123 Å². The van der Waals surface area contributed by atoms with Gasteiger partial charge < -0.3 is 5.32 Å². The van der Waals surface area contributed by atoms with E-state index in [1.165, 1.54) is 44.2 Å². The Balaban J connectivity index is 1.70. The Morgan fingerprint density at radius 3 is 2.75 bits per heavy atom. The zero-order chi connectivity index (χ0) is 13.9. The molecule has 1 heterocycles. The number of pyridine rings is 1. The number of hydrogen-bond acceptors (Lipinski definition) is 2. The van der Waals surface area contributed by atoms with Gasteiger partial charge in [-0.25, -0.2) is 0 Å². The summed E-state index contributed by atoms with van der Waals surface area (Å²) in [7, 11) is 0. The standard InChI is InChI=1S/C18H28N2/c1-13(2)14-5-6-16(12-20-17-7-8-17)18(10-14)15-4-3-9-19-11-15/h3-4,9,11,13-14,16-18,20H,5-8,10,12H2,1-2H3. The molecule has 2 saturated carbocycles. The molecule has 0 amide bonds. The minimum Gasteiger partial charge on any atom is -0.314 e. The maximum atomic E-state index is 4.35. The van der Waals surface area contributed by atoms with Crippen molar-refractivity contribution in [1.82, 2.24) is 10.3 Å². The van der Waals surface area contributed by atoms with Gasteiger partial charge in [0.05, 0.1) is 0 Å². The van der Waals surface area contributed by atoms with Gasteiger partial charge >= 0.3 is 0 Å². The van der Waals surface area contributed by atoms with Gasteiger partial charge in [0.15, 0.2) is 0 Å². The molecule has 2 aliphatic carbocycles. The lowest BCUT2D eigenvalue weighted by molar-refractivity contribution is 0.190. The van der Waals surface area contributed by atoms with Crippen LogP contribution in [0, 0.1) is 17.8 Å². The Hall–Kier alpha value is -0.890. The second-order valence-electron chi connectivity index (χ2n) is 7.15. The zero-order valence-corrected chi connectivity index (χ0v) is 12.9. The molecule has 0 bridgehead atoms. The molecule has 3 rings (SSSR count). The third-order valence-corrected chi connectivity index (χ3v) is 5.34. The van der Waals surface area contributed by atoms with Crippen molar-refractivity contribution in [2.24, 2.45) is 17.8 Å². The van der Waals surface area contributed by atoms with E-state index in [0.717, 1.165) is 23.8 Å². The third kappa shape index (κ3) is 3.41. The van der Waals surface area contributed by atoms with E-state index in [0.29, 0.717) is 5.92 Å². The van der Waals surface area contributed by atoms with Gasteiger partial charge in [-0.2, -0.15) is 0 Å². The molecule has 3 unspecified atom stereocenters. The number of hydrogen-bond donors (Lipinski definition) is 1. The van der Waals surface area contributed by atoms with Crippen molar-refractivity contribution in [2.75, 3.05) is 6.54 Å². The van der Waals surface area contributed by atoms with Gasteiger partial charge in [0.25, 0.3) is 0 Å². The first-order valence-electron chi connectivity index (χ1n) is 8.37. The smallest absolute Gasteiger partial charge is 0.0302 e. The molecule has 0 aliphatic heterocycles. The summed E-state index contributed by atoms with van der Waals surface area (Å²) >= 11 is 0. The summed E-state index contributed by atoms with van der Waals surface area (Å²) in [5.41, 5.74) is 1.46. The molecule has 1 N–H and O–H groups in total. The topological polar surface area (TPSA) is 24.9 Å². The molecule has 1 aromatic rings. The molecule has 20 heavy (non-hydrogen) atoms. The second-order valence-corrected chi connectivity index (χ2v) is 7.15. The molecule has 0 spiro atoms. The minimum atomic E-state index is 0.705. The van der Waals surface area contributed by atoms with Gasteiger partial charge in [0.2, 0.25) is 0 Å². The van der Waals surface area contributed by atoms with E-state index in [1.807, 2.05) is 6.20 Å². The summed E-state index contributed by atoms with van der Waals surface area (Å²) in [6.45, 7) is 5.97. The molecule has 0 radical (unpaired) electrons. The quantitative estimate of drug-likeness (QED) is 0.876. The predicted molar refractivity (Wildman–Crippen MR) is 83.7 cm³/mol. The monoisotopic (exact) mass is 272 g/mol. The molecule has 110 valence electrons. The first-order valence-corrected chi connectivity index (χ1v) is 8.37. The summed E-state index contributed by atoms with van der Waals surface area (Å²) in [6, 6.07) is 5.21. The molecule has 2 nitrogen and oxygen atoms in total. The van der Waals surface area contributed by atoms with Crippen molar-refractivity contribution in [3.63, 3.8) is 0 Å². The van der Waals surface area contributed by atoms with Crippen LogP contribution in [0.25, 0.3) is 0 Å². The van der Waals surface area contributed by atoms with Crippen LogP contribution in [0.1, 0.15) is 57.4 Å². The summed E-state index contributed by atoms with van der Waals surface area (Å²) < 4.78 is 0. The molecular weight excluding hydrogens is 244 g/mol. The van der Waals surface area contributed by atoms with Crippen LogP contribution in [0.4, 0.5) is 0 Å². The molecule has 0 saturated heterocycles. The SMILES string of the molecule is CC(C)C1CCC(CNC2CC2)C(c2cccnc2)C1. The predicted octanol–water partition coefficient (Wildman–Crippen LogP) is 3.99. The summed E-state index contributed by atoms with van der Waals surface area (Å²) in [6.07, 6.45) is 10.9. The van der Waals surface area contributed by atoms with E-state index < -0.39 is 0 Å². The van der Waals surface area contributed by atoms with Crippen molar-refractivity contribution in [3.8, 4) is 0 Å². The van der Waals surface area contributed by atoms with Crippen LogP contribution < -0.4 is 5.32 Å². The molecule has 2 heteroatoms. The van der Waals surface area contributed by atoms with Crippen molar-refractivity contribution in [3.05, 3.63) is 30.1 Å². The lowest BCUT2D eigenvalue weighted by Crippen LogP contribution is -2.34. The fourth-order valence-corrected chi connectivity index (χ4v) is 3.72. The Kier molecular flexibility index (Phi) is 4.40. The Bertz CT molecular complexity index is 411. The van der Waals surface area contributed by atoms with E-state index in [4.69, 9.17) is 0 Å². The van der Waals surface area contributed by atoms with Crippen molar-refractivity contribution in [2.45, 2.75) is 57.9 Å². The average Bonchev–Trinajstić information content (AvgIpc) is 3.30. The summed E-state index contributed by atoms with van der Waals surface area (Å²) in [4.78, 5) is 4.35. The number of nitrogens with zero attached hydrogens (tertiary/aromatic N) is 1. The normalized spacial score (nSPS) is 30.6. The van der Waals surface area contributed by atoms with Crippen molar-refractivity contribution >= 4 is 0 Å². The highest BCUT2D eigenvalue weighted by Crippen LogP contribution is 2.42. The maximum absolute atomic E-state index is 4.35. The van der Waals surface area contributed by atoms with E-state index in [-0.39, 0.29) is 0 Å². The Morgan fingerprint density at radius 2 is 2.10 bits per heavy atom. The van der Waals surface area contributed by atoms with Gasteiger partial charge in [-0.15, -0.1) is 0 Å². The molecule has 1 aromatic heterocycles. The fraction of sp³-hybridized carbons (Fsp3) is 0.722. The molecule has 3 atom stereocenters. The lowest BCUT2D eigenvalue weighted by Gasteiger charge is -2.38. The van der Waals surface area contributed by atoms with E-state index in [2.05, 4.69) is 42.5 Å². The van der Waals surface area contributed by atoms with Crippen molar-refractivity contribution in [1.29, 1.82) is 0 Å². The van der Waals surface area contributed by atoms with Crippen LogP contribution in [0.5, 0.6) is 0 Å². The van der Waals surface area contributed by atoms with E-state index >= 15 is 0 Å². The third-order valence-electron chi connectivity index (χ3n) is 5.34. The number of nitrogens with one attached hydrogen (secondary N) is 1. The number of rotatable bonds is 5. The molecular formula is C18H28N2. The van der Waals surface area contributed by atoms with Gasteiger partial charge in [0, 0.05) is 18.4 Å². The minimum absolute atomic E-state index is 0.705. The van der Waals surface area contributed by atoms with Crippen LogP contribution in [0.15, 0.2) is 24.5 Å². The second kappa shape index (κ2) is 6.26. The first-order chi connectivity index (χ1) is 9.74. The summed E-state index contributed by atoms with van der Waals surface area (Å²) in [5.74, 6) is 3.20. The molecule has 2 fully saturated rings. The van der Waals surface area contributed by atoms with Crippen LogP contribution in [0.2, 0.25) is 0 Å². The highest BCUT2D eigenvalue weighted by molar-refractivity contribution is 5.17. The van der Waals surface area contributed by atoms with Gasteiger partial charge in [-0.3, -0.25) is 4.98 Å². The van der Waals surface area contributed by atoms with Crippen LogP contribution in [-0.2, 0) is 0 Å². The maximum Gasteiger partial charge on any atom is 0.0302 e. The largest absolute Gasteiger partial charge is 0.314 e. The number of aromatic nitrogens is 1. The van der Waals surface area contributed by atoms with Crippen LogP contribution in [-0.4, -0.2) is 17.6 Å². The highest BCUT2D eigenvalue weighted by Gasteiger charge is 2.33. The average molecular weight is 272 g/mol. The van der Waals surface area contributed by atoms with Gasteiger partial charge in [-0.1, -0.05) is 19.9 Å². The highest BCUT2D eigenvalue weighted by atomic mass is 14.9. The van der Waals surface area contributed by atoms with Crippen molar-refractivity contribution < 1.29 is 0 Å². The molecule has 2 aliphatic rings. The Morgan fingerprint density at radius 1 is 1.25 bits per heavy atom. The van der Waals surface area contributed by atoms with Crippen LogP contribution >= 0.6 is 0 Å². The van der Waals surface area contributed by atoms with Gasteiger partial charge in [0.1, 0.15) is 0 Å². The van der Waals surface area contributed by atoms with Crippen LogP contribution in [0.3, 0.4) is 0 Å². The van der Waals surface area contributed by atoms with Gasteiger partial charge in [-0.05, 0) is 74.0 Å². The van der Waals surface area contributed by atoms with E-state index in [1.54, 1.807) is 0 Å². The zero-order valence-electron chi connectivity index (χ0n) is 12.9. The fourth-order valence-electron chi connectivity index (χ4n) is 3.72. The van der Waals surface area contributed by atoms with E-state index in [9.17, 15) is 0 Å². The summed E-state index contributed by atoms with van der Waals surface area (Å²) in [5, 5.41) is 3.75. The molecule has 0 aromatic carbocycles. The lowest BCUT2D eigenvalue weighted by atomic mass is 9.68. The first kappa shape index (κ1) is 14.1.